The number of hydrogen-bond acceptors (Lipinski definition) is 9. The fraction of sp³-hybridized carbons (Fsp3) is 0.258. The van der Waals surface area contributed by atoms with Gasteiger partial charge in [-0.25, -0.2) is 13.8 Å². The van der Waals surface area contributed by atoms with Crippen LogP contribution in [-0.2, 0) is 16.0 Å². The molecule has 2 heterocycles. The minimum Gasteiger partial charge on any atom is -0.494 e. The van der Waals surface area contributed by atoms with Crippen molar-refractivity contribution in [3.63, 3.8) is 0 Å². The zero-order chi connectivity index (χ0) is 31.3. The number of pyridine rings is 1. The van der Waals surface area contributed by atoms with E-state index in [2.05, 4.69) is 27.5 Å². The number of amides is 1. The predicted molar refractivity (Wildman–Crippen MR) is 160 cm³/mol. The van der Waals surface area contributed by atoms with Crippen molar-refractivity contribution in [2.24, 2.45) is 0 Å². The highest BCUT2D eigenvalue weighted by molar-refractivity contribution is 6.15. The molecule has 43 heavy (non-hydrogen) atoms. The van der Waals surface area contributed by atoms with E-state index in [1.165, 1.54) is 26.5 Å². The first-order valence-corrected chi connectivity index (χ1v) is 13.2. The molecular weight excluding hydrogens is 562 g/mol. The average molecular weight is 595 g/mol. The number of rotatable bonds is 13. The summed E-state index contributed by atoms with van der Waals surface area (Å²) >= 11 is 0. The number of carbonyl (C=O) groups excluding carboxylic acids is 2. The van der Waals surface area contributed by atoms with Crippen LogP contribution >= 0.6 is 0 Å². The number of nitrogens with one attached hydrogen (secondary N) is 3. The van der Waals surface area contributed by atoms with E-state index in [0.29, 0.717) is 29.2 Å². The number of anilines is 4. The normalized spacial score (nSPS) is 10.9. The Morgan fingerprint density at radius 1 is 1.05 bits per heavy atom. The first-order valence-electron chi connectivity index (χ1n) is 13.2. The summed E-state index contributed by atoms with van der Waals surface area (Å²) in [5, 5.41) is 9.38. The molecule has 0 aliphatic heterocycles. The maximum Gasteiger partial charge on any atom is 0.247 e. The molecule has 3 N–H and O–H groups in total. The van der Waals surface area contributed by atoms with E-state index in [-0.39, 0.29) is 34.4 Å². The van der Waals surface area contributed by atoms with Crippen LogP contribution in [0.25, 0.3) is 11.0 Å². The monoisotopic (exact) mass is 594 g/mol. The number of aryl methyl sites for hydroxylation is 2. The van der Waals surface area contributed by atoms with Gasteiger partial charge in [-0.3, -0.25) is 9.59 Å². The number of aromatic nitrogens is 1. The summed E-state index contributed by atoms with van der Waals surface area (Å²) in [5.74, 6) is -4.53. The van der Waals surface area contributed by atoms with Crippen LogP contribution in [0.15, 0.2) is 47.5 Å². The molecule has 0 atom stereocenters. The van der Waals surface area contributed by atoms with Gasteiger partial charge in [-0.05, 0) is 49.1 Å². The summed E-state index contributed by atoms with van der Waals surface area (Å²) in [6.07, 6.45) is 4.10. The molecule has 10 nitrogen and oxygen atoms in total. The van der Waals surface area contributed by atoms with E-state index in [1.807, 2.05) is 19.1 Å². The predicted octanol–water partition coefficient (Wildman–Crippen LogP) is 6.15. The number of nitrogens with zero attached hydrogens (tertiary/aromatic N) is 1. The van der Waals surface area contributed by atoms with E-state index in [1.54, 1.807) is 20.2 Å². The number of hydrogen-bond donors (Lipinski definition) is 3. The molecule has 0 unspecified atom stereocenters. The Morgan fingerprint density at radius 3 is 2.35 bits per heavy atom. The number of ketones is 1. The summed E-state index contributed by atoms with van der Waals surface area (Å²) in [6, 6.07) is 6.50. The number of benzene rings is 2. The summed E-state index contributed by atoms with van der Waals surface area (Å²) in [4.78, 5) is 30.1. The van der Waals surface area contributed by atoms with Crippen molar-refractivity contribution in [1.29, 1.82) is 0 Å². The van der Waals surface area contributed by atoms with Crippen LogP contribution in [0.5, 0.6) is 11.5 Å². The quantitative estimate of drug-likeness (QED) is 0.0950. The van der Waals surface area contributed by atoms with Crippen molar-refractivity contribution in [3.8, 4) is 11.5 Å². The van der Waals surface area contributed by atoms with Gasteiger partial charge < -0.3 is 34.6 Å². The molecule has 0 bridgehead atoms. The van der Waals surface area contributed by atoms with Crippen molar-refractivity contribution in [2.45, 2.75) is 19.8 Å². The highest BCUT2D eigenvalue weighted by Crippen LogP contribution is 2.38. The minimum atomic E-state index is -1.19. The SMILES string of the molecule is C=CC(=O)Nc1cc(CCCOC)cc(C)c1Nc1cc2c(NC)c(C(=O)c3c(F)c(OC)cc(OC)c3F)oc2cn1. The lowest BCUT2D eigenvalue weighted by molar-refractivity contribution is -0.111. The van der Waals surface area contributed by atoms with Gasteiger partial charge in [-0.2, -0.15) is 0 Å². The number of halogens is 2. The maximum atomic E-state index is 15.1. The van der Waals surface area contributed by atoms with E-state index in [0.717, 1.165) is 30.0 Å². The summed E-state index contributed by atoms with van der Waals surface area (Å²) in [6.45, 7) is 6.02. The summed E-state index contributed by atoms with van der Waals surface area (Å²) in [5.41, 5.74) is 2.46. The smallest absolute Gasteiger partial charge is 0.247 e. The zero-order valence-electron chi connectivity index (χ0n) is 24.4. The van der Waals surface area contributed by atoms with E-state index >= 15 is 8.78 Å². The van der Waals surface area contributed by atoms with Gasteiger partial charge in [0.1, 0.15) is 11.4 Å². The first-order chi connectivity index (χ1) is 20.7. The highest BCUT2D eigenvalue weighted by Gasteiger charge is 2.31. The van der Waals surface area contributed by atoms with Gasteiger partial charge in [-0.1, -0.05) is 12.6 Å². The second-order valence-corrected chi connectivity index (χ2v) is 9.49. The lowest BCUT2D eigenvalue weighted by Gasteiger charge is -2.17. The molecule has 2 aromatic carbocycles. The number of carbonyl (C=O) groups is 2. The molecule has 0 aliphatic carbocycles. The highest BCUT2D eigenvalue weighted by atomic mass is 19.1. The number of methoxy groups -OCH3 is 3. The molecule has 4 aromatic rings. The molecular formula is C31H32F2N4O6. The summed E-state index contributed by atoms with van der Waals surface area (Å²) < 4.78 is 51.1. The zero-order valence-corrected chi connectivity index (χ0v) is 24.4. The molecule has 0 radical (unpaired) electrons. The fourth-order valence-electron chi connectivity index (χ4n) is 4.68. The first kappa shape index (κ1) is 31.0. The second-order valence-electron chi connectivity index (χ2n) is 9.49. The molecule has 0 saturated heterocycles. The molecule has 12 heteroatoms. The van der Waals surface area contributed by atoms with Crippen molar-refractivity contribution >= 4 is 45.5 Å². The minimum absolute atomic E-state index is 0.191. The van der Waals surface area contributed by atoms with Gasteiger partial charge in [0.05, 0.1) is 37.5 Å². The molecule has 0 saturated carbocycles. The molecule has 0 fully saturated rings. The summed E-state index contributed by atoms with van der Waals surface area (Å²) in [7, 11) is 5.57. The third kappa shape index (κ3) is 6.28. The number of fused-ring (bicyclic) bond motifs is 1. The van der Waals surface area contributed by atoms with E-state index in [4.69, 9.17) is 18.6 Å². The van der Waals surface area contributed by atoms with Crippen LogP contribution in [0.2, 0.25) is 0 Å². The Kier molecular flexibility index (Phi) is 9.61. The topological polar surface area (TPSA) is 124 Å². The van der Waals surface area contributed by atoms with Crippen LogP contribution in [0.4, 0.5) is 31.7 Å². The molecule has 226 valence electrons. The molecule has 4 rings (SSSR count). The third-order valence-electron chi connectivity index (χ3n) is 6.74. The lowest BCUT2D eigenvalue weighted by Crippen LogP contribution is -2.11. The van der Waals surface area contributed by atoms with E-state index < -0.39 is 23.0 Å². The van der Waals surface area contributed by atoms with Crippen molar-refractivity contribution in [1.82, 2.24) is 4.98 Å². The van der Waals surface area contributed by atoms with Crippen LogP contribution in [-0.4, -0.2) is 51.7 Å². The number of furan rings is 1. The molecule has 0 spiro atoms. The average Bonchev–Trinajstić information content (AvgIpc) is 3.37. The Bertz CT molecular complexity index is 1670. The third-order valence-corrected chi connectivity index (χ3v) is 6.74. The van der Waals surface area contributed by atoms with Crippen molar-refractivity contribution in [3.05, 3.63) is 77.2 Å². The lowest BCUT2D eigenvalue weighted by atomic mass is 10.0. The fourth-order valence-corrected chi connectivity index (χ4v) is 4.68. The Morgan fingerprint density at radius 2 is 1.74 bits per heavy atom. The van der Waals surface area contributed by atoms with E-state index in [9.17, 15) is 9.59 Å². The van der Waals surface area contributed by atoms with Crippen LogP contribution in [0.1, 0.15) is 33.7 Å². The van der Waals surface area contributed by atoms with Crippen LogP contribution in [0, 0.1) is 18.6 Å². The van der Waals surface area contributed by atoms with Gasteiger partial charge >= 0.3 is 0 Å². The van der Waals surface area contributed by atoms with Crippen LogP contribution in [0.3, 0.4) is 0 Å². The molecule has 2 aromatic heterocycles. The largest absolute Gasteiger partial charge is 0.494 e. The molecule has 1 amide bonds. The van der Waals surface area contributed by atoms with Gasteiger partial charge in [0.2, 0.25) is 11.7 Å². The molecule has 0 aliphatic rings. The Hall–Kier alpha value is -4.97. The van der Waals surface area contributed by atoms with Crippen molar-refractivity contribution in [2.75, 3.05) is 50.9 Å². The van der Waals surface area contributed by atoms with Crippen molar-refractivity contribution < 1.29 is 37.0 Å². The second kappa shape index (κ2) is 13.3. The number of ether oxygens (including phenoxy) is 3. The Labute approximate surface area is 247 Å². The Balaban J connectivity index is 1.76. The standard InChI is InChI=1S/C31H32F2N4O6/c1-7-24(38)36-19-12-17(9-8-10-40-4)11-16(2)28(19)37-23-13-18-22(15-35-23)43-31(29(18)34-3)30(39)25-26(32)20(41-5)14-21(42-6)27(25)33/h7,11-15,34H,1,8-10H2,2-6H3,(H,35,37)(H,36,38). The van der Waals surface area contributed by atoms with Gasteiger partial charge in [-0.15, -0.1) is 0 Å². The maximum absolute atomic E-state index is 15.1. The van der Waals surface area contributed by atoms with Crippen LogP contribution < -0.4 is 25.4 Å². The van der Waals surface area contributed by atoms with Gasteiger partial charge in [0.15, 0.2) is 34.5 Å². The van der Waals surface area contributed by atoms with Gasteiger partial charge in [0, 0.05) is 32.2 Å². The van der Waals surface area contributed by atoms with Gasteiger partial charge in [0.25, 0.3) is 0 Å².